The molecule has 1 aromatic heterocycles. The minimum atomic E-state index is -1.35. The minimum Gasteiger partial charge on any atom is -0.548 e. The zero-order chi connectivity index (χ0) is 15.2. The van der Waals surface area contributed by atoms with E-state index in [1.54, 1.807) is 6.07 Å². The van der Waals surface area contributed by atoms with Gasteiger partial charge in [0.25, 0.3) is 0 Å². The van der Waals surface area contributed by atoms with Gasteiger partial charge in [0.15, 0.2) is 0 Å². The normalized spacial score (nSPS) is 10.3. The lowest BCUT2D eigenvalue weighted by Gasteiger charge is -2.06. The first-order chi connectivity index (χ1) is 10.1. The summed E-state index contributed by atoms with van der Waals surface area (Å²) in [6, 6.07) is 5.75. The highest BCUT2D eigenvalue weighted by atomic mass is 32.2. The Morgan fingerprint density at radius 3 is 2.86 bits per heavy atom. The number of carboxylic acid groups (broad SMARTS) is 1. The zero-order valence-corrected chi connectivity index (χ0v) is 11.3. The standard InChI is InChI=1S/C11H10FN5O3S/c12-7-3-1-2-4-8(7)13-9(18)6-21-11-14-15-16-17(11)5-10(19)20/h1-4H,5-6H2,(H,13,18)(H,19,20)/p-1. The van der Waals surface area contributed by atoms with E-state index >= 15 is 0 Å². The van der Waals surface area contributed by atoms with Crippen LogP contribution in [0.15, 0.2) is 29.4 Å². The number of carboxylic acids is 1. The average Bonchev–Trinajstić information content (AvgIpc) is 2.85. The number of nitrogens with zero attached hydrogens (tertiary/aromatic N) is 4. The van der Waals surface area contributed by atoms with Gasteiger partial charge in [-0.2, -0.15) is 0 Å². The molecular formula is C11H9FN5O3S-. The topological polar surface area (TPSA) is 113 Å². The van der Waals surface area contributed by atoms with Crippen molar-refractivity contribution in [1.29, 1.82) is 0 Å². The Labute approximate surface area is 122 Å². The second-order valence-corrected chi connectivity index (χ2v) is 4.75. The number of para-hydroxylation sites is 1. The van der Waals surface area contributed by atoms with Gasteiger partial charge in [-0.3, -0.25) is 4.79 Å². The van der Waals surface area contributed by atoms with Gasteiger partial charge < -0.3 is 15.2 Å². The van der Waals surface area contributed by atoms with Crippen LogP contribution in [0.3, 0.4) is 0 Å². The number of rotatable bonds is 6. The molecule has 1 amide bonds. The van der Waals surface area contributed by atoms with Gasteiger partial charge in [0.1, 0.15) is 5.82 Å². The van der Waals surface area contributed by atoms with Gasteiger partial charge in [-0.15, -0.1) is 5.10 Å². The predicted octanol–water partition coefficient (Wildman–Crippen LogP) is -0.707. The lowest BCUT2D eigenvalue weighted by Crippen LogP contribution is -2.28. The van der Waals surface area contributed by atoms with Crippen LogP contribution in [0.25, 0.3) is 0 Å². The number of amides is 1. The Hall–Kier alpha value is -2.49. The van der Waals surface area contributed by atoms with Crippen molar-refractivity contribution in [1.82, 2.24) is 20.2 Å². The fraction of sp³-hybridized carbons (Fsp3) is 0.182. The maximum Gasteiger partial charge on any atom is 0.234 e. The molecule has 110 valence electrons. The number of thioether (sulfide) groups is 1. The summed E-state index contributed by atoms with van der Waals surface area (Å²) >= 11 is 0.930. The van der Waals surface area contributed by atoms with Crippen molar-refractivity contribution in [2.24, 2.45) is 0 Å². The first kappa shape index (κ1) is 14.9. The third-order valence-corrected chi connectivity index (χ3v) is 3.22. The van der Waals surface area contributed by atoms with E-state index in [0.29, 0.717) is 0 Å². The van der Waals surface area contributed by atoms with E-state index in [0.717, 1.165) is 16.4 Å². The molecule has 1 aromatic carbocycles. The second kappa shape index (κ2) is 6.79. The van der Waals surface area contributed by atoms with Gasteiger partial charge in [0.2, 0.25) is 11.1 Å². The number of aromatic nitrogens is 4. The van der Waals surface area contributed by atoms with Crippen LogP contribution in [0, 0.1) is 5.82 Å². The molecule has 0 atom stereocenters. The number of hydrogen-bond donors (Lipinski definition) is 1. The largest absolute Gasteiger partial charge is 0.548 e. The van der Waals surface area contributed by atoms with Gasteiger partial charge in [0.05, 0.1) is 24.0 Å². The molecule has 0 aliphatic heterocycles. The van der Waals surface area contributed by atoms with Gasteiger partial charge in [-0.1, -0.05) is 23.9 Å². The molecule has 0 aliphatic carbocycles. The van der Waals surface area contributed by atoms with Crippen LogP contribution < -0.4 is 10.4 Å². The van der Waals surface area contributed by atoms with Gasteiger partial charge in [0, 0.05) is 0 Å². The van der Waals surface area contributed by atoms with Crippen molar-refractivity contribution in [3.05, 3.63) is 30.1 Å². The van der Waals surface area contributed by atoms with Crippen LogP contribution in [-0.2, 0) is 16.1 Å². The highest BCUT2D eigenvalue weighted by molar-refractivity contribution is 7.99. The number of hydrogen-bond acceptors (Lipinski definition) is 7. The number of anilines is 1. The lowest BCUT2D eigenvalue weighted by molar-refractivity contribution is -0.306. The summed E-state index contributed by atoms with van der Waals surface area (Å²) in [7, 11) is 0. The van der Waals surface area contributed by atoms with Crippen molar-refractivity contribution in [2.75, 3.05) is 11.1 Å². The number of tetrazole rings is 1. The van der Waals surface area contributed by atoms with Crippen LogP contribution in [0.5, 0.6) is 0 Å². The SMILES string of the molecule is O=C([O-])Cn1nnnc1SCC(=O)Nc1ccccc1F. The fourth-order valence-corrected chi connectivity index (χ4v) is 2.08. The summed E-state index contributed by atoms with van der Waals surface area (Å²) in [6.45, 7) is -0.510. The van der Waals surface area contributed by atoms with E-state index in [1.807, 2.05) is 0 Å². The molecule has 0 spiro atoms. The lowest BCUT2D eigenvalue weighted by atomic mass is 10.3. The Balaban J connectivity index is 1.91. The monoisotopic (exact) mass is 310 g/mol. The summed E-state index contributed by atoms with van der Waals surface area (Å²) in [5.41, 5.74) is 0.0671. The highest BCUT2D eigenvalue weighted by Gasteiger charge is 2.11. The molecule has 2 rings (SSSR count). The van der Waals surface area contributed by atoms with E-state index in [-0.39, 0.29) is 16.6 Å². The first-order valence-corrected chi connectivity index (χ1v) is 6.68. The van der Waals surface area contributed by atoms with Crippen molar-refractivity contribution in [3.63, 3.8) is 0 Å². The molecule has 10 heteroatoms. The van der Waals surface area contributed by atoms with Crippen molar-refractivity contribution in [3.8, 4) is 0 Å². The van der Waals surface area contributed by atoms with Crippen LogP contribution in [0.2, 0.25) is 0 Å². The Morgan fingerprint density at radius 2 is 2.14 bits per heavy atom. The Morgan fingerprint density at radius 1 is 1.38 bits per heavy atom. The predicted molar refractivity (Wildman–Crippen MR) is 68.6 cm³/mol. The minimum absolute atomic E-state index is 0.0671. The number of benzene rings is 1. The van der Waals surface area contributed by atoms with Crippen LogP contribution >= 0.6 is 11.8 Å². The van der Waals surface area contributed by atoms with Crippen molar-refractivity contribution in [2.45, 2.75) is 11.7 Å². The molecule has 21 heavy (non-hydrogen) atoms. The molecule has 1 N–H and O–H groups in total. The Bertz CT molecular complexity index is 663. The molecule has 0 aliphatic rings. The van der Waals surface area contributed by atoms with E-state index in [2.05, 4.69) is 20.8 Å². The fourth-order valence-electron chi connectivity index (χ4n) is 1.40. The summed E-state index contributed by atoms with van der Waals surface area (Å²) in [5.74, 6) is -2.45. The molecule has 0 saturated carbocycles. The van der Waals surface area contributed by atoms with Crippen molar-refractivity contribution < 1.29 is 19.1 Å². The third-order valence-electron chi connectivity index (χ3n) is 2.26. The quantitative estimate of drug-likeness (QED) is 0.701. The molecule has 0 unspecified atom stereocenters. The van der Waals surface area contributed by atoms with Crippen LogP contribution in [-0.4, -0.2) is 37.8 Å². The van der Waals surface area contributed by atoms with E-state index < -0.39 is 24.2 Å². The van der Waals surface area contributed by atoms with Crippen LogP contribution in [0.1, 0.15) is 0 Å². The molecule has 0 bridgehead atoms. The summed E-state index contributed by atoms with van der Waals surface area (Å²) in [6.07, 6.45) is 0. The van der Waals surface area contributed by atoms with Gasteiger partial charge >= 0.3 is 0 Å². The molecule has 2 aromatic rings. The molecule has 8 nitrogen and oxygen atoms in total. The maximum atomic E-state index is 13.3. The molecule has 0 radical (unpaired) electrons. The zero-order valence-electron chi connectivity index (χ0n) is 10.5. The number of carbonyl (C=O) groups excluding carboxylic acids is 2. The summed E-state index contributed by atoms with van der Waals surface area (Å²) < 4.78 is 14.3. The number of halogens is 1. The van der Waals surface area contributed by atoms with Crippen molar-refractivity contribution >= 4 is 29.3 Å². The number of carbonyl (C=O) groups is 2. The average molecular weight is 310 g/mol. The maximum absolute atomic E-state index is 13.3. The second-order valence-electron chi connectivity index (χ2n) is 3.81. The molecule has 0 saturated heterocycles. The first-order valence-electron chi connectivity index (χ1n) is 5.69. The third kappa shape index (κ3) is 4.24. The van der Waals surface area contributed by atoms with E-state index in [9.17, 15) is 19.1 Å². The smallest absolute Gasteiger partial charge is 0.234 e. The highest BCUT2D eigenvalue weighted by Crippen LogP contribution is 2.16. The summed E-state index contributed by atoms with van der Waals surface area (Å²) in [4.78, 5) is 22.2. The number of nitrogens with one attached hydrogen (secondary N) is 1. The Kier molecular flexibility index (Phi) is 4.82. The van der Waals surface area contributed by atoms with Crippen LogP contribution in [0.4, 0.5) is 10.1 Å². The van der Waals surface area contributed by atoms with Gasteiger partial charge in [-0.05, 0) is 22.6 Å². The van der Waals surface area contributed by atoms with Gasteiger partial charge in [-0.25, -0.2) is 9.07 Å². The van der Waals surface area contributed by atoms with E-state index in [4.69, 9.17) is 0 Å². The molecular weight excluding hydrogens is 301 g/mol. The molecule has 0 fully saturated rings. The number of aliphatic carboxylic acids is 1. The molecule has 1 heterocycles. The summed E-state index contributed by atoms with van der Waals surface area (Å²) in [5, 5.41) is 23.4. The van der Waals surface area contributed by atoms with E-state index in [1.165, 1.54) is 18.2 Å².